The van der Waals surface area contributed by atoms with Crippen LogP contribution in [0.1, 0.15) is 30.1 Å². The number of nitrogens with zero attached hydrogens (tertiary/aromatic N) is 2. The van der Waals surface area contributed by atoms with Crippen LogP contribution in [0, 0.1) is 0 Å². The Kier molecular flexibility index (Phi) is 7.17. The fourth-order valence-electron chi connectivity index (χ4n) is 3.87. The largest absolute Gasteiger partial charge is 0.369 e. The molecule has 1 unspecified atom stereocenters. The molecule has 2 fully saturated rings. The van der Waals surface area contributed by atoms with E-state index >= 15 is 0 Å². The molecular weight excluding hydrogens is 426 g/mol. The smallest absolute Gasteiger partial charge is 0.319 e. The van der Waals surface area contributed by atoms with Crippen LogP contribution in [0.5, 0.6) is 0 Å². The summed E-state index contributed by atoms with van der Waals surface area (Å²) in [4.78, 5) is 29.5. The zero-order valence-electron chi connectivity index (χ0n) is 18.3. The van der Waals surface area contributed by atoms with Crippen molar-refractivity contribution in [3.63, 3.8) is 0 Å². The fourth-order valence-corrected chi connectivity index (χ4v) is 4.08. The van der Waals surface area contributed by atoms with Crippen molar-refractivity contribution in [2.24, 2.45) is 0 Å². The van der Waals surface area contributed by atoms with Crippen molar-refractivity contribution in [3.8, 4) is 0 Å². The van der Waals surface area contributed by atoms with E-state index in [0.29, 0.717) is 22.8 Å². The summed E-state index contributed by atoms with van der Waals surface area (Å²) in [5.41, 5.74) is 2.17. The van der Waals surface area contributed by atoms with E-state index in [4.69, 9.17) is 11.6 Å². The average Bonchev–Trinajstić information content (AvgIpc) is 3.63. The van der Waals surface area contributed by atoms with E-state index < -0.39 is 0 Å². The summed E-state index contributed by atoms with van der Waals surface area (Å²) >= 11 is 6.17. The second kappa shape index (κ2) is 10.2. The van der Waals surface area contributed by atoms with Gasteiger partial charge in [-0.3, -0.25) is 9.69 Å². The normalized spacial score (nSPS) is 17.5. The summed E-state index contributed by atoms with van der Waals surface area (Å²) in [6.07, 6.45) is 2.01. The van der Waals surface area contributed by atoms with Crippen molar-refractivity contribution in [1.82, 2.24) is 15.5 Å². The topological polar surface area (TPSA) is 76.7 Å². The molecule has 8 heteroatoms. The molecule has 2 aliphatic rings. The summed E-state index contributed by atoms with van der Waals surface area (Å²) in [6.45, 7) is 6.51. The van der Waals surface area contributed by atoms with Crippen molar-refractivity contribution in [2.75, 3.05) is 42.9 Å². The minimum absolute atomic E-state index is 0.204. The van der Waals surface area contributed by atoms with E-state index in [9.17, 15) is 9.59 Å². The molecule has 2 aromatic carbocycles. The van der Waals surface area contributed by atoms with Crippen molar-refractivity contribution in [1.29, 1.82) is 0 Å². The van der Waals surface area contributed by atoms with Gasteiger partial charge in [-0.25, -0.2) is 4.79 Å². The molecule has 4 rings (SSSR count). The van der Waals surface area contributed by atoms with Gasteiger partial charge in [0.2, 0.25) is 0 Å². The van der Waals surface area contributed by atoms with Crippen LogP contribution >= 0.6 is 11.6 Å². The lowest BCUT2D eigenvalue weighted by atomic mass is 10.2. The van der Waals surface area contributed by atoms with Gasteiger partial charge in [-0.05, 0) is 50.1 Å². The maximum absolute atomic E-state index is 12.4. The molecule has 170 valence electrons. The quantitative estimate of drug-likeness (QED) is 0.596. The SMILES string of the molecule is CC(CNC(=O)Nc1ccc(Cl)c(C(=O)NC2CC2)c1)N1CCN(c2ccccc2)CC1. The van der Waals surface area contributed by atoms with Gasteiger partial charge >= 0.3 is 6.03 Å². The number of anilines is 2. The molecule has 7 nitrogen and oxygen atoms in total. The van der Waals surface area contributed by atoms with Crippen LogP contribution in [-0.4, -0.2) is 61.6 Å². The summed E-state index contributed by atoms with van der Waals surface area (Å²) in [5.74, 6) is -0.204. The number of piperazine rings is 1. The average molecular weight is 456 g/mol. The second-order valence-corrected chi connectivity index (χ2v) is 8.89. The number of benzene rings is 2. The monoisotopic (exact) mass is 455 g/mol. The number of carbonyl (C=O) groups excluding carboxylic acids is 2. The number of hydrogen-bond acceptors (Lipinski definition) is 4. The first-order valence-electron chi connectivity index (χ1n) is 11.2. The molecule has 1 saturated heterocycles. The van der Waals surface area contributed by atoms with Gasteiger partial charge in [0, 0.05) is 56.2 Å². The van der Waals surface area contributed by atoms with E-state index in [-0.39, 0.29) is 24.0 Å². The number of nitrogens with one attached hydrogen (secondary N) is 3. The molecule has 1 aliphatic heterocycles. The number of rotatable bonds is 7. The van der Waals surface area contributed by atoms with Crippen LogP contribution in [-0.2, 0) is 0 Å². The number of amides is 3. The fraction of sp³-hybridized carbons (Fsp3) is 0.417. The van der Waals surface area contributed by atoms with Crippen LogP contribution in [0.15, 0.2) is 48.5 Å². The van der Waals surface area contributed by atoms with E-state index in [1.165, 1.54) is 5.69 Å². The molecule has 3 amide bonds. The minimum atomic E-state index is -0.296. The van der Waals surface area contributed by atoms with Gasteiger partial charge in [0.05, 0.1) is 10.6 Å². The minimum Gasteiger partial charge on any atom is -0.369 e. The highest BCUT2D eigenvalue weighted by Crippen LogP contribution is 2.24. The lowest BCUT2D eigenvalue weighted by Gasteiger charge is -2.39. The molecule has 3 N–H and O–H groups in total. The molecule has 1 aliphatic carbocycles. The zero-order chi connectivity index (χ0) is 22.5. The Morgan fingerprint density at radius 2 is 1.78 bits per heavy atom. The Bertz CT molecular complexity index is 943. The lowest BCUT2D eigenvalue weighted by Crippen LogP contribution is -2.52. The number of urea groups is 1. The summed E-state index contributed by atoms with van der Waals surface area (Å²) < 4.78 is 0. The van der Waals surface area contributed by atoms with Crippen LogP contribution in [0.4, 0.5) is 16.2 Å². The number of halogens is 1. The van der Waals surface area contributed by atoms with Crippen molar-refractivity contribution in [3.05, 3.63) is 59.1 Å². The summed E-state index contributed by atoms with van der Waals surface area (Å²) in [7, 11) is 0. The maximum atomic E-state index is 12.4. The predicted molar refractivity (Wildman–Crippen MR) is 129 cm³/mol. The predicted octanol–water partition coefficient (Wildman–Crippen LogP) is 3.56. The molecule has 1 atom stereocenters. The zero-order valence-corrected chi connectivity index (χ0v) is 19.1. The summed E-state index contributed by atoms with van der Waals surface area (Å²) in [5, 5.41) is 9.04. The van der Waals surface area contributed by atoms with Gasteiger partial charge < -0.3 is 20.9 Å². The standard InChI is InChI=1S/C24H30ClN5O2/c1-17(29-11-13-30(14-12-29)20-5-3-2-4-6-20)16-26-24(32)28-19-9-10-22(25)21(15-19)23(31)27-18-7-8-18/h2-6,9-10,15,17-18H,7-8,11-14,16H2,1H3,(H,27,31)(H2,26,28,32). The van der Waals surface area contributed by atoms with E-state index in [2.05, 4.69) is 56.9 Å². The molecule has 0 radical (unpaired) electrons. The highest BCUT2D eigenvalue weighted by atomic mass is 35.5. The third-order valence-corrected chi connectivity index (χ3v) is 6.33. The molecule has 1 heterocycles. The molecule has 0 bridgehead atoms. The first-order chi connectivity index (χ1) is 15.5. The third kappa shape index (κ3) is 5.93. The molecular formula is C24H30ClN5O2. The van der Waals surface area contributed by atoms with Crippen LogP contribution < -0.4 is 20.9 Å². The second-order valence-electron chi connectivity index (χ2n) is 8.48. The Hall–Kier alpha value is -2.77. The maximum Gasteiger partial charge on any atom is 0.319 e. The van der Waals surface area contributed by atoms with Crippen molar-refractivity contribution >= 4 is 34.9 Å². The van der Waals surface area contributed by atoms with Gasteiger partial charge in [0.1, 0.15) is 0 Å². The van der Waals surface area contributed by atoms with Crippen molar-refractivity contribution < 1.29 is 9.59 Å². The molecule has 0 aromatic heterocycles. The highest BCUT2D eigenvalue weighted by Gasteiger charge is 2.25. The molecule has 32 heavy (non-hydrogen) atoms. The van der Waals surface area contributed by atoms with E-state index in [1.54, 1.807) is 18.2 Å². The number of para-hydroxylation sites is 1. The number of carbonyl (C=O) groups is 2. The Morgan fingerprint density at radius 3 is 2.47 bits per heavy atom. The first kappa shape index (κ1) is 22.4. The molecule has 2 aromatic rings. The Morgan fingerprint density at radius 1 is 1.06 bits per heavy atom. The number of hydrogen-bond donors (Lipinski definition) is 3. The van der Waals surface area contributed by atoms with Crippen molar-refractivity contribution in [2.45, 2.75) is 31.8 Å². The van der Waals surface area contributed by atoms with Gasteiger partial charge in [-0.2, -0.15) is 0 Å². The molecule has 1 saturated carbocycles. The Labute approximate surface area is 194 Å². The third-order valence-electron chi connectivity index (χ3n) is 6.00. The van der Waals surface area contributed by atoms with Gasteiger partial charge in [-0.15, -0.1) is 0 Å². The Balaban J connectivity index is 1.23. The molecule has 0 spiro atoms. The highest BCUT2D eigenvalue weighted by molar-refractivity contribution is 6.34. The van der Waals surface area contributed by atoms with Crippen LogP contribution in [0.25, 0.3) is 0 Å². The van der Waals surface area contributed by atoms with Gasteiger partial charge in [-0.1, -0.05) is 29.8 Å². The van der Waals surface area contributed by atoms with Gasteiger partial charge in [0.15, 0.2) is 0 Å². The van der Waals surface area contributed by atoms with E-state index in [0.717, 1.165) is 39.0 Å². The van der Waals surface area contributed by atoms with Crippen LogP contribution in [0.3, 0.4) is 0 Å². The van der Waals surface area contributed by atoms with Gasteiger partial charge in [0.25, 0.3) is 5.91 Å². The lowest BCUT2D eigenvalue weighted by molar-refractivity contribution is 0.0951. The summed E-state index contributed by atoms with van der Waals surface area (Å²) in [6, 6.07) is 15.6. The first-order valence-corrected chi connectivity index (χ1v) is 11.6. The van der Waals surface area contributed by atoms with E-state index in [1.807, 2.05) is 6.07 Å². The van der Waals surface area contributed by atoms with Crippen LogP contribution in [0.2, 0.25) is 5.02 Å².